The van der Waals surface area contributed by atoms with Gasteiger partial charge in [-0.15, -0.1) is 0 Å². The summed E-state index contributed by atoms with van der Waals surface area (Å²) in [6, 6.07) is 11.2. The van der Waals surface area contributed by atoms with Gasteiger partial charge in [-0.3, -0.25) is 43.9 Å². The van der Waals surface area contributed by atoms with Crippen molar-refractivity contribution in [3.05, 3.63) is 80.7 Å². The van der Waals surface area contributed by atoms with Crippen molar-refractivity contribution in [1.29, 1.82) is 0 Å². The van der Waals surface area contributed by atoms with E-state index in [1.165, 1.54) is 0 Å². The minimum absolute atomic E-state index is 0.0408. The first-order valence-electron chi connectivity index (χ1n) is 22.5. The average molecular weight is 911 g/mol. The summed E-state index contributed by atoms with van der Waals surface area (Å²) in [4.78, 5) is 90.4. The van der Waals surface area contributed by atoms with Gasteiger partial charge in [0.05, 0.1) is 35.0 Å². The molecule has 18 heteroatoms. The van der Waals surface area contributed by atoms with Gasteiger partial charge in [-0.25, -0.2) is 9.37 Å². The second kappa shape index (κ2) is 18.2. The van der Waals surface area contributed by atoms with E-state index < -0.39 is 41.8 Å². The van der Waals surface area contributed by atoms with Crippen LogP contribution in [-0.4, -0.2) is 117 Å². The Morgan fingerprint density at radius 2 is 1.72 bits per heavy atom. The lowest BCUT2D eigenvalue weighted by atomic mass is 9.82. The summed E-state index contributed by atoms with van der Waals surface area (Å²) in [5.74, 6) is -1.69. The summed E-state index contributed by atoms with van der Waals surface area (Å²) >= 11 is 6.59. The van der Waals surface area contributed by atoms with Gasteiger partial charge in [-0.05, 0) is 101 Å². The van der Waals surface area contributed by atoms with Gasteiger partial charge >= 0.3 is 0 Å². The second-order valence-electron chi connectivity index (χ2n) is 18.0. The molecule has 1 saturated carbocycles. The zero-order chi connectivity index (χ0) is 45.7. The van der Waals surface area contributed by atoms with E-state index in [2.05, 4.69) is 25.4 Å². The zero-order valence-corrected chi connectivity index (χ0v) is 37.3. The van der Waals surface area contributed by atoms with Gasteiger partial charge in [0.25, 0.3) is 17.4 Å². The Morgan fingerprint density at radius 3 is 2.45 bits per heavy atom. The Bertz CT molecular complexity index is 2630. The molecule has 0 spiro atoms. The topological polar surface area (TPSA) is 185 Å². The van der Waals surface area contributed by atoms with Crippen LogP contribution in [0, 0.1) is 0 Å². The van der Waals surface area contributed by atoms with Gasteiger partial charge in [-0.1, -0.05) is 24.6 Å². The van der Waals surface area contributed by atoms with Crippen molar-refractivity contribution >= 4 is 69.4 Å². The fourth-order valence-corrected chi connectivity index (χ4v) is 9.91. The van der Waals surface area contributed by atoms with Crippen molar-refractivity contribution in [3.63, 3.8) is 0 Å². The molecule has 342 valence electrons. The van der Waals surface area contributed by atoms with Crippen molar-refractivity contribution < 1.29 is 37.8 Å². The molecular formula is C47H52ClFN8O8. The van der Waals surface area contributed by atoms with E-state index in [0.717, 1.165) is 41.5 Å². The third kappa shape index (κ3) is 8.85. The van der Waals surface area contributed by atoms with Crippen LogP contribution in [0.5, 0.6) is 5.75 Å². The normalized spacial score (nSPS) is 24.1. The number of pyridine rings is 1. The number of carbonyl (C=O) groups is 5. The molecule has 3 atom stereocenters. The lowest BCUT2D eigenvalue weighted by Gasteiger charge is -2.47. The standard InChI is InChI=1S/C47H52ClFN8O8/c1-4-30(58)24-64-40-19-27-17-28(6-8-38(27)56(25(2)3)46(40)63)51-42-36(48)22-50-47(53-42)54-14-11-31(12-15-54)65-32-20-29(21-32)55-16-13-33(37(49)23-55)26-5-7-34-35(18-26)45(62)57(44(34)61)39-9-10-41(59)52-43(39)60/h5-8,17-19,22,25,29,31-33,37,39H,4,9-16,20-21,23-24H2,1-3H3,(H,50,51,53)(H,52,59,60)/t29?,32?,33-,37-,39?/m0/s1. The van der Waals surface area contributed by atoms with Crippen molar-refractivity contribution in [2.24, 2.45) is 0 Å². The highest BCUT2D eigenvalue weighted by Gasteiger charge is 2.46. The number of Topliss-reactive ketones (excluding diaryl/α,β-unsaturated/α-hetero) is 1. The van der Waals surface area contributed by atoms with Crippen molar-refractivity contribution in [3.8, 4) is 5.75 Å². The van der Waals surface area contributed by atoms with Crippen LogP contribution in [0.25, 0.3) is 10.9 Å². The first-order valence-corrected chi connectivity index (χ1v) is 22.9. The summed E-state index contributed by atoms with van der Waals surface area (Å²) in [7, 11) is 0. The highest BCUT2D eigenvalue weighted by Crippen LogP contribution is 2.39. The van der Waals surface area contributed by atoms with Crippen LogP contribution in [0.1, 0.15) is 110 Å². The smallest absolute Gasteiger partial charge is 0.293 e. The van der Waals surface area contributed by atoms with E-state index in [1.54, 1.807) is 42.0 Å². The zero-order valence-electron chi connectivity index (χ0n) is 36.6. The largest absolute Gasteiger partial charge is 0.480 e. The monoisotopic (exact) mass is 910 g/mol. The van der Waals surface area contributed by atoms with E-state index in [-0.39, 0.29) is 78.5 Å². The van der Waals surface area contributed by atoms with Gasteiger partial charge in [0.2, 0.25) is 17.8 Å². The highest BCUT2D eigenvalue weighted by atomic mass is 35.5. The van der Waals surface area contributed by atoms with E-state index in [1.807, 2.05) is 32.0 Å². The van der Waals surface area contributed by atoms with Crippen LogP contribution in [0.4, 0.5) is 21.8 Å². The first-order chi connectivity index (χ1) is 31.3. The van der Waals surface area contributed by atoms with Crippen molar-refractivity contribution in [1.82, 2.24) is 29.7 Å². The van der Waals surface area contributed by atoms with E-state index in [4.69, 9.17) is 26.1 Å². The number of nitrogens with zero attached hydrogens (tertiary/aromatic N) is 6. The first kappa shape index (κ1) is 44.4. The number of halogens is 2. The van der Waals surface area contributed by atoms with E-state index in [0.29, 0.717) is 60.5 Å². The maximum absolute atomic E-state index is 15.9. The van der Waals surface area contributed by atoms with Crippen LogP contribution in [0.3, 0.4) is 0 Å². The maximum Gasteiger partial charge on any atom is 0.293 e. The third-order valence-electron chi connectivity index (χ3n) is 13.5. The number of piperidine rings is 3. The van der Waals surface area contributed by atoms with Gasteiger partial charge < -0.3 is 24.3 Å². The van der Waals surface area contributed by atoms with E-state index >= 15 is 4.39 Å². The molecule has 16 nitrogen and oxygen atoms in total. The lowest BCUT2D eigenvalue weighted by Crippen LogP contribution is -2.54. The van der Waals surface area contributed by atoms with Gasteiger partial charge in [0, 0.05) is 61.6 Å². The van der Waals surface area contributed by atoms with Gasteiger partial charge in [0.15, 0.2) is 17.4 Å². The summed E-state index contributed by atoms with van der Waals surface area (Å²) in [6.07, 6.45) is 4.84. The molecule has 6 heterocycles. The molecule has 4 amide bonds. The fraction of sp³-hybridized carbons (Fsp3) is 0.489. The maximum atomic E-state index is 15.9. The number of ketones is 1. The molecule has 9 rings (SSSR count). The molecule has 2 aromatic carbocycles. The number of hydrogen-bond donors (Lipinski definition) is 2. The Labute approximate surface area is 379 Å². The van der Waals surface area contributed by atoms with Crippen LogP contribution in [0.15, 0.2) is 53.5 Å². The van der Waals surface area contributed by atoms with Gasteiger partial charge in [0.1, 0.15) is 23.8 Å². The van der Waals surface area contributed by atoms with Crippen molar-refractivity contribution in [2.45, 2.75) is 115 Å². The molecule has 1 unspecified atom stereocenters. The molecule has 0 radical (unpaired) electrons. The van der Waals surface area contributed by atoms with Crippen LogP contribution >= 0.6 is 11.6 Å². The number of aromatic nitrogens is 3. The third-order valence-corrected chi connectivity index (χ3v) is 13.7. The molecule has 2 N–H and O–H groups in total. The molecule has 4 fully saturated rings. The predicted octanol–water partition coefficient (Wildman–Crippen LogP) is 5.87. The number of carbonyl (C=O) groups excluding carboxylic acids is 5. The Balaban J connectivity index is 0.755. The highest BCUT2D eigenvalue weighted by molar-refractivity contribution is 6.33. The molecule has 5 aliphatic rings. The number of amides is 4. The number of imide groups is 2. The minimum Gasteiger partial charge on any atom is -0.480 e. The summed E-state index contributed by atoms with van der Waals surface area (Å²) < 4.78 is 29.7. The Hall–Kier alpha value is -5.78. The fourth-order valence-electron chi connectivity index (χ4n) is 9.78. The van der Waals surface area contributed by atoms with Crippen molar-refractivity contribution in [2.75, 3.05) is 43.0 Å². The number of likely N-dealkylation sites (tertiary alicyclic amines) is 1. The second-order valence-corrected chi connectivity index (χ2v) is 18.4. The number of anilines is 3. The number of benzene rings is 2. The number of nitrogens with one attached hydrogen (secondary N) is 2. The molecule has 4 aromatic rings. The van der Waals surface area contributed by atoms with Gasteiger partial charge in [-0.2, -0.15) is 4.98 Å². The number of alkyl halides is 1. The molecule has 2 aromatic heterocycles. The quantitative estimate of drug-likeness (QED) is 0.152. The van der Waals surface area contributed by atoms with Crippen LogP contribution < -0.4 is 25.8 Å². The molecule has 3 saturated heterocycles. The SMILES string of the molecule is CCC(=O)COc1cc2cc(Nc3nc(N4CCC(OC5CC(N6CC[C@@H](c7ccc8c(c7)C(=O)N(C7CCC(=O)NC7=O)C8=O)[C@@H](F)C6)C5)CC4)ncc3Cl)ccc2n(C(C)C)c1=O. The van der Waals surface area contributed by atoms with Crippen LogP contribution in [-0.2, 0) is 19.1 Å². The number of rotatable bonds is 13. The summed E-state index contributed by atoms with van der Waals surface area (Å²) in [6.45, 7) is 7.78. The summed E-state index contributed by atoms with van der Waals surface area (Å²) in [5.41, 5.74) is 2.15. The van der Waals surface area contributed by atoms with Crippen LogP contribution in [0.2, 0.25) is 5.02 Å². The Morgan fingerprint density at radius 1 is 0.954 bits per heavy atom. The lowest BCUT2D eigenvalue weighted by molar-refractivity contribution is -0.136. The predicted molar refractivity (Wildman–Crippen MR) is 240 cm³/mol. The Kier molecular flexibility index (Phi) is 12.5. The molecule has 4 aliphatic heterocycles. The number of hydrogen-bond acceptors (Lipinski definition) is 13. The molecule has 0 bridgehead atoms. The minimum atomic E-state index is -1.16. The average Bonchev–Trinajstić information content (AvgIpc) is 3.52. The van der Waals surface area contributed by atoms with E-state index in [9.17, 15) is 28.8 Å². The number of ether oxygens (including phenoxy) is 2. The number of fused-ring (bicyclic) bond motifs is 2. The molecular weight excluding hydrogens is 859 g/mol. The summed E-state index contributed by atoms with van der Waals surface area (Å²) in [5, 5.41) is 6.62. The molecule has 65 heavy (non-hydrogen) atoms. The molecule has 1 aliphatic carbocycles.